The summed E-state index contributed by atoms with van der Waals surface area (Å²) in [6.45, 7) is 0.898. The quantitative estimate of drug-likeness (QED) is 0.697. The minimum atomic E-state index is 0.898. The van der Waals surface area contributed by atoms with Crippen LogP contribution in [0.2, 0.25) is 0 Å². The highest BCUT2D eigenvalue weighted by Gasteiger charge is 2.11. The summed E-state index contributed by atoms with van der Waals surface area (Å²) in [5, 5.41) is 3.11. The Hall–Kier alpha value is -1.15. The van der Waals surface area contributed by atoms with Gasteiger partial charge in [-0.1, -0.05) is 18.2 Å². The topological polar surface area (TPSA) is 24.4 Å². The molecule has 1 aromatic carbocycles. The fourth-order valence-corrected chi connectivity index (χ4v) is 1.51. The predicted octanol–water partition coefficient (Wildman–Crippen LogP) is 1.53. The Morgan fingerprint density at radius 1 is 1.42 bits per heavy atom. The second kappa shape index (κ2) is 3.07. The van der Waals surface area contributed by atoms with Gasteiger partial charge in [0.1, 0.15) is 0 Å². The van der Waals surface area contributed by atoms with Gasteiger partial charge in [-0.05, 0) is 18.7 Å². The van der Waals surface area contributed by atoms with Gasteiger partial charge in [-0.15, -0.1) is 0 Å². The zero-order chi connectivity index (χ0) is 8.39. The van der Waals surface area contributed by atoms with Gasteiger partial charge in [0.2, 0.25) is 0 Å². The summed E-state index contributed by atoms with van der Waals surface area (Å²) in [5.41, 5.74) is 3.73. The minimum absolute atomic E-state index is 0.898. The number of fused-ring (bicyclic) bond motifs is 1. The normalized spacial score (nSPS) is 14.2. The molecular weight excluding hydrogens is 148 g/mol. The molecule has 0 atom stereocenters. The highest BCUT2D eigenvalue weighted by molar-refractivity contribution is 5.95. The van der Waals surface area contributed by atoms with E-state index in [1.807, 2.05) is 13.1 Å². The molecule has 2 rings (SSSR count). The van der Waals surface area contributed by atoms with Gasteiger partial charge >= 0.3 is 0 Å². The Morgan fingerprint density at radius 3 is 3.00 bits per heavy atom. The number of rotatable bonds is 2. The summed E-state index contributed by atoms with van der Waals surface area (Å²) in [7, 11) is 1.95. The van der Waals surface area contributed by atoms with Crippen LogP contribution in [0.3, 0.4) is 0 Å². The van der Waals surface area contributed by atoms with Crippen molar-refractivity contribution in [2.24, 2.45) is 4.99 Å². The Kier molecular flexibility index (Phi) is 1.92. The van der Waals surface area contributed by atoms with E-state index in [0.717, 1.165) is 18.7 Å². The van der Waals surface area contributed by atoms with E-state index in [0.29, 0.717) is 0 Å². The number of nitrogens with one attached hydrogen (secondary N) is 1. The molecule has 1 aliphatic rings. The van der Waals surface area contributed by atoms with Crippen molar-refractivity contribution >= 4 is 11.4 Å². The van der Waals surface area contributed by atoms with E-state index in [1.54, 1.807) is 0 Å². The van der Waals surface area contributed by atoms with Crippen LogP contribution in [0, 0.1) is 0 Å². The maximum absolute atomic E-state index is 4.50. The zero-order valence-corrected chi connectivity index (χ0v) is 7.17. The molecule has 0 saturated heterocycles. The molecule has 1 aromatic rings. The van der Waals surface area contributed by atoms with E-state index in [2.05, 4.69) is 28.5 Å². The summed E-state index contributed by atoms with van der Waals surface area (Å²) < 4.78 is 0. The maximum Gasteiger partial charge on any atom is 0.0665 e. The van der Waals surface area contributed by atoms with Gasteiger partial charge in [-0.25, -0.2) is 0 Å². The second-order valence-corrected chi connectivity index (χ2v) is 3.01. The first kappa shape index (κ1) is 7.50. The van der Waals surface area contributed by atoms with Gasteiger partial charge in [0, 0.05) is 18.7 Å². The fraction of sp³-hybridized carbons (Fsp3) is 0.300. The van der Waals surface area contributed by atoms with Crippen LogP contribution in [0.15, 0.2) is 29.3 Å². The number of para-hydroxylation sites is 1. The Morgan fingerprint density at radius 2 is 2.25 bits per heavy atom. The SMILES string of the molecule is CNCC1=Nc2ccccc2C1. The first-order valence-electron chi connectivity index (χ1n) is 4.19. The van der Waals surface area contributed by atoms with Crippen molar-refractivity contribution in [2.75, 3.05) is 13.6 Å². The van der Waals surface area contributed by atoms with Crippen LogP contribution in [0.5, 0.6) is 0 Å². The zero-order valence-electron chi connectivity index (χ0n) is 7.17. The second-order valence-electron chi connectivity index (χ2n) is 3.01. The Balaban J connectivity index is 2.23. The third-order valence-electron chi connectivity index (χ3n) is 2.05. The smallest absolute Gasteiger partial charge is 0.0665 e. The first-order chi connectivity index (χ1) is 5.90. The lowest BCUT2D eigenvalue weighted by Crippen LogP contribution is -2.18. The molecule has 0 amide bonds. The van der Waals surface area contributed by atoms with Gasteiger partial charge < -0.3 is 5.32 Å². The van der Waals surface area contributed by atoms with Crippen molar-refractivity contribution < 1.29 is 0 Å². The molecule has 0 spiro atoms. The van der Waals surface area contributed by atoms with Crippen molar-refractivity contribution in [3.63, 3.8) is 0 Å². The fourth-order valence-electron chi connectivity index (χ4n) is 1.51. The molecule has 1 N–H and O–H groups in total. The number of benzene rings is 1. The van der Waals surface area contributed by atoms with Crippen molar-refractivity contribution in [2.45, 2.75) is 6.42 Å². The number of hydrogen-bond acceptors (Lipinski definition) is 2. The predicted molar refractivity (Wildman–Crippen MR) is 51.2 cm³/mol. The van der Waals surface area contributed by atoms with Crippen molar-refractivity contribution in [1.29, 1.82) is 0 Å². The van der Waals surface area contributed by atoms with Crippen LogP contribution in [0.1, 0.15) is 5.56 Å². The number of aliphatic imine (C=N–C) groups is 1. The lowest BCUT2D eigenvalue weighted by Gasteiger charge is -1.95. The van der Waals surface area contributed by atoms with Gasteiger partial charge in [-0.3, -0.25) is 4.99 Å². The van der Waals surface area contributed by atoms with Crippen LogP contribution in [0.4, 0.5) is 5.69 Å². The first-order valence-corrected chi connectivity index (χ1v) is 4.19. The molecule has 0 unspecified atom stereocenters. The molecule has 0 radical (unpaired) electrons. The van der Waals surface area contributed by atoms with Crippen LogP contribution < -0.4 is 5.32 Å². The van der Waals surface area contributed by atoms with E-state index < -0.39 is 0 Å². The van der Waals surface area contributed by atoms with Gasteiger partial charge in [0.05, 0.1) is 5.69 Å². The summed E-state index contributed by atoms with van der Waals surface area (Å²) in [5.74, 6) is 0. The van der Waals surface area contributed by atoms with Crippen LogP contribution in [-0.2, 0) is 6.42 Å². The summed E-state index contributed by atoms with van der Waals surface area (Å²) >= 11 is 0. The lowest BCUT2D eigenvalue weighted by atomic mass is 10.1. The van der Waals surface area contributed by atoms with Crippen LogP contribution >= 0.6 is 0 Å². The van der Waals surface area contributed by atoms with E-state index in [-0.39, 0.29) is 0 Å². The Bertz CT molecular complexity index is 315. The highest BCUT2D eigenvalue weighted by Crippen LogP contribution is 2.25. The molecule has 12 heavy (non-hydrogen) atoms. The van der Waals surface area contributed by atoms with E-state index in [4.69, 9.17) is 0 Å². The van der Waals surface area contributed by atoms with E-state index in [1.165, 1.54) is 11.3 Å². The molecule has 2 nitrogen and oxygen atoms in total. The van der Waals surface area contributed by atoms with Crippen LogP contribution in [0.25, 0.3) is 0 Å². The molecule has 0 saturated carbocycles. The third kappa shape index (κ3) is 1.25. The summed E-state index contributed by atoms with van der Waals surface area (Å²) in [4.78, 5) is 4.50. The lowest BCUT2D eigenvalue weighted by molar-refractivity contribution is 0.938. The van der Waals surface area contributed by atoms with Gasteiger partial charge in [0.15, 0.2) is 0 Å². The Labute approximate surface area is 72.3 Å². The van der Waals surface area contributed by atoms with Gasteiger partial charge in [0.25, 0.3) is 0 Å². The minimum Gasteiger partial charge on any atom is -0.315 e. The molecular formula is C10H12N2. The average Bonchev–Trinajstić information content (AvgIpc) is 2.47. The average molecular weight is 160 g/mol. The van der Waals surface area contributed by atoms with Crippen molar-refractivity contribution in [1.82, 2.24) is 5.32 Å². The van der Waals surface area contributed by atoms with Crippen molar-refractivity contribution in [3.05, 3.63) is 29.8 Å². The molecule has 0 bridgehead atoms. The van der Waals surface area contributed by atoms with E-state index in [9.17, 15) is 0 Å². The van der Waals surface area contributed by atoms with Gasteiger partial charge in [-0.2, -0.15) is 0 Å². The largest absolute Gasteiger partial charge is 0.315 e. The summed E-state index contributed by atoms with van der Waals surface area (Å²) in [6.07, 6.45) is 1.01. The molecule has 0 aromatic heterocycles. The molecule has 2 heteroatoms. The molecule has 1 aliphatic heterocycles. The van der Waals surface area contributed by atoms with E-state index >= 15 is 0 Å². The molecule has 62 valence electrons. The van der Waals surface area contributed by atoms with Crippen molar-refractivity contribution in [3.8, 4) is 0 Å². The maximum atomic E-state index is 4.50. The van der Waals surface area contributed by atoms with Crippen LogP contribution in [-0.4, -0.2) is 19.3 Å². The monoisotopic (exact) mass is 160 g/mol. The standard InChI is InChI=1S/C10H12N2/c1-11-7-9-6-8-4-2-3-5-10(8)12-9/h2-5,11H,6-7H2,1H3. The number of hydrogen-bond donors (Lipinski definition) is 1. The molecule has 0 aliphatic carbocycles. The highest BCUT2D eigenvalue weighted by atomic mass is 14.9. The number of nitrogens with zero attached hydrogens (tertiary/aromatic N) is 1. The molecule has 0 fully saturated rings. The summed E-state index contributed by atoms with van der Waals surface area (Å²) in [6, 6.07) is 8.31. The molecule has 1 heterocycles. The third-order valence-corrected chi connectivity index (χ3v) is 2.05.